The summed E-state index contributed by atoms with van der Waals surface area (Å²) in [6.45, 7) is -0.00134. The fourth-order valence-electron chi connectivity index (χ4n) is 2.47. The van der Waals surface area contributed by atoms with Crippen molar-refractivity contribution in [1.29, 1.82) is 0 Å². The van der Waals surface area contributed by atoms with Crippen molar-refractivity contribution in [3.63, 3.8) is 0 Å². The summed E-state index contributed by atoms with van der Waals surface area (Å²) < 4.78 is 10.4. The summed E-state index contributed by atoms with van der Waals surface area (Å²) in [6, 6.07) is 16.6. The fourth-order valence-corrected chi connectivity index (χ4v) is 2.47. The fraction of sp³-hybridized carbons (Fsp3) is 0.273. The molecule has 0 fully saturated rings. The van der Waals surface area contributed by atoms with E-state index in [0.29, 0.717) is 0 Å². The van der Waals surface area contributed by atoms with Crippen molar-refractivity contribution in [2.45, 2.75) is 38.5 Å². The molecule has 2 aromatic carbocycles. The summed E-state index contributed by atoms with van der Waals surface area (Å²) in [6.07, 6.45) is -1.15. The average molecular weight is 413 g/mol. The lowest BCUT2D eigenvalue weighted by Crippen LogP contribution is -2.43. The van der Waals surface area contributed by atoms with E-state index in [1.165, 1.54) is 0 Å². The van der Waals surface area contributed by atoms with E-state index in [2.05, 4.69) is 5.32 Å². The van der Waals surface area contributed by atoms with Crippen LogP contribution in [-0.2, 0) is 41.9 Å². The van der Waals surface area contributed by atoms with E-state index in [0.717, 1.165) is 11.1 Å². The second-order valence-electron chi connectivity index (χ2n) is 6.46. The number of carboxylic acids is 1. The quantitative estimate of drug-likeness (QED) is 0.542. The number of carboxylic acid groups (broad SMARTS) is 1. The van der Waals surface area contributed by atoms with E-state index in [1.54, 1.807) is 48.5 Å². The van der Waals surface area contributed by atoms with Gasteiger partial charge in [-0.3, -0.25) is 14.4 Å². The third-order valence-electron chi connectivity index (χ3n) is 4.02. The molecule has 158 valence electrons. The molecule has 0 saturated heterocycles. The molecule has 1 amide bonds. The number of esters is 2. The Morgan fingerprint density at radius 2 is 1.33 bits per heavy atom. The molecule has 0 saturated carbocycles. The molecular weight excluding hydrogens is 390 g/mol. The number of rotatable bonds is 11. The van der Waals surface area contributed by atoms with Crippen LogP contribution in [0.1, 0.15) is 30.4 Å². The molecule has 2 N–H and O–H groups in total. The van der Waals surface area contributed by atoms with Gasteiger partial charge in [-0.25, -0.2) is 4.79 Å². The number of hydrogen-bond donors (Lipinski definition) is 2. The van der Waals surface area contributed by atoms with E-state index < -0.39 is 42.7 Å². The van der Waals surface area contributed by atoms with Crippen LogP contribution in [0.5, 0.6) is 0 Å². The molecule has 8 nitrogen and oxygen atoms in total. The number of carbonyl (C=O) groups excluding carboxylic acids is 3. The Morgan fingerprint density at radius 3 is 1.87 bits per heavy atom. The van der Waals surface area contributed by atoms with Gasteiger partial charge < -0.3 is 19.9 Å². The molecule has 0 heterocycles. The minimum absolute atomic E-state index is 0.0262. The molecule has 0 aromatic heterocycles. The van der Waals surface area contributed by atoms with Gasteiger partial charge >= 0.3 is 17.9 Å². The summed E-state index contributed by atoms with van der Waals surface area (Å²) in [5, 5.41) is 11.1. The first-order chi connectivity index (χ1) is 14.4. The Labute approximate surface area is 173 Å². The van der Waals surface area contributed by atoms with Crippen molar-refractivity contribution in [3.8, 4) is 0 Å². The maximum Gasteiger partial charge on any atom is 0.329 e. The molecule has 0 spiro atoms. The van der Waals surface area contributed by atoms with E-state index in [4.69, 9.17) is 14.6 Å². The van der Waals surface area contributed by atoms with Crippen LogP contribution in [0.15, 0.2) is 60.7 Å². The van der Waals surface area contributed by atoms with Gasteiger partial charge in [0.1, 0.15) is 19.3 Å². The van der Waals surface area contributed by atoms with Crippen molar-refractivity contribution in [3.05, 3.63) is 71.8 Å². The monoisotopic (exact) mass is 413 g/mol. The zero-order valence-electron chi connectivity index (χ0n) is 16.3. The molecular formula is C22H23NO7. The molecule has 1 atom stereocenters. The van der Waals surface area contributed by atoms with Crippen LogP contribution in [0, 0.1) is 0 Å². The van der Waals surface area contributed by atoms with Crippen LogP contribution >= 0.6 is 0 Å². The Hall–Kier alpha value is -3.68. The number of ether oxygens (including phenoxy) is 2. The van der Waals surface area contributed by atoms with Gasteiger partial charge in [0, 0.05) is 6.42 Å². The van der Waals surface area contributed by atoms with Gasteiger partial charge in [-0.15, -0.1) is 0 Å². The van der Waals surface area contributed by atoms with Gasteiger partial charge in [0.2, 0.25) is 5.91 Å². The van der Waals surface area contributed by atoms with Crippen LogP contribution in [0.4, 0.5) is 0 Å². The smallest absolute Gasteiger partial charge is 0.329 e. The molecule has 1 unspecified atom stereocenters. The summed E-state index contributed by atoms with van der Waals surface area (Å²) in [4.78, 5) is 47.2. The van der Waals surface area contributed by atoms with Crippen molar-refractivity contribution >= 4 is 23.8 Å². The van der Waals surface area contributed by atoms with E-state index in [-0.39, 0.29) is 19.6 Å². The topological polar surface area (TPSA) is 119 Å². The molecule has 30 heavy (non-hydrogen) atoms. The lowest BCUT2D eigenvalue weighted by Gasteiger charge is -2.17. The summed E-state index contributed by atoms with van der Waals surface area (Å²) in [5.74, 6) is -3.32. The minimum Gasteiger partial charge on any atom is -0.481 e. The largest absolute Gasteiger partial charge is 0.481 e. The highest BCUT2D eigenvalue weighted by Gasteiger charge is 2.26. The predicted octanol–water partition coefficient (Wildman–Crippen LogP) is 2.21. The number of benzene rings is 2. The van der Waals surface area contributed by atoms with Crippen LogP contribution in [-0.4, -0.2) is 35.0 Å². The van der Waals surface area contributed by atoms with Crippen molar-refractivity contribution in [2.75, 3.05) is 0 Å². The highest BCUT2D eigenvalue weighted by molar-refractivity contribution is 5.89. The van der Waals surface area contributed by atoms with Crippen LogP contribution in [0.2, 0.25) is 0 Å². The zero-order valence-corrected chi connectivity index (χ0v) is 16.3. The maximum absolute atomic E-state index is 12.4. The first-order valence-corrected chi connectivity index (χ1v) is 9.35. The SMILES string of the molecule is O=C(O)CCC(=O)NC(CC(=O)OCc1ccccc1)C(=O)OCc1ccccc1. The van der Waals surface area contributed by atoms with Crippen molar-refractivity contribution in [1.82, 2.24) is 5.32 Å². The first-order valence-electron chi connectivity index (χ1n) is 9.35. The molecule has 0 aliphatic carbocycles. The molecule has 2 aromatic rings. The highest BCUT2D eigenvalue weighted by Crippen LogP contribution is 2.07. The second kappa shape index (κ2) is 12.0. The molecule has 0 aliphatic heterocycles. The predicted molar refractivity (Wildman–Crippen MR) is 106 cm³/mol. The third kappa shape index (κ3) is 8.55. The lowest BCUT2D eigenvalue weighted by molar-refractivity contribution is -0.155. The zero-order chi connectivity index (χ0) is 21.8. The van der Waals surface area contributed by atoms with Gasteiger partial charge in [-0.2, -0.15) is 0 Å². The summed E-state index contributed by atoms with van der Waals surface area (Å²) in [5.41, 5.74) is 1.52. The Kier molecular flexibility index (Phi) is 9.05. The lowest BCUT2D eigenvalue weighted by atomic mass is 10.2. The van der Waals surface area contributed by atoms with E-state index in [9.17, 15) is 19.2 Å². The minimum atomic E-state index is -1.28. The Morgan fingerprint density at radius 1 is 0.800 bits per heavy atom. The normalized spacial score (nSPS) is 11.2. The highest BCUT2D eigenvalue weighted by atomic mass is 16.5. The van der Waals surface area contributed by atoms with Crippen molar-refractivity contribution in [2.24, 2.45) is 0 Å². The van der Waals surface area contributed by atoms with Crippen LogP contribution in [0.3, 0.4) is 0 Å². The van der Waals surface area contributed by atoms with E-state index in [1.807, 2.05) is 12.1 Å². The average Bonchev–Trinajstić information content (AvgIpc) is 2.75. The van der Waals surface area contributed by atoms with Crippen LogP contribution < -0.4 is 5.32 Å². The summed E-state index contributed by atoms with van der Waals surface area (Å²) in [7, 11) is 0. The Balaban J connectivity index is 1.94. The number of aliphatic carboxylic acids is 1. The van der Waals surface area contributed by atoms with Crippen LogP contribution in [0.25, 0.3) is 0 Å². The van der Waals surface area contributed by atoms with Gasteiger partial charge in [0.15, 0.2) is 0 Å². The number of amides is 1. The second-order valence-corrected chi connectivity index (χ2v) is 6.46. The number of carbonyl (C=O) groups is 4. The standard InChI is InChI=1S/C22H23NO7/c24-19(11-12-20(25)26)23-18(22(28)30-15-17-9-5-2-6-10-17)13-21(27)29-14-16-7-3-1-4-8-16/h1-10,18H,11-15H2,(H,23,24)(H,25,26). The first kappa shape index (κ1) is 22.6. The van der Waals surface area contributed by atoms with Crippen molar-refractivity contribution < 1.29 is 33.8 Å². The van der Waals surface area contributed by atoms with Gasteiger partial charge in [0.25, 0.3) is 0 Å². The van der Waals surface area contributed by atoms with Gasteiger partial charge in [-0.05, 0) is 11.1 Å². The molecule has 0 bridgehead atoms. The number of hydrogen-bond acceptors (Lipinski definition) is 6. The summed E-state index contributed by atoms with van der Waals surface area (Å²) >= 11 is 0. The third-order valence-corrected chi connectivity index (χ3v) is 4.02. The van der Waals surface area contributed by atoms with Gasteiger partial charge in [0.05, 0.1) is 12.8 Å². The maximum atomic E-state index is 12.4. The molecule has 2 rings (SSSR count). The number of nitrogens with one attached hydrogen (secondary N) is 1. The molecule has 0 radical (unpaired) electrons. The van der Waals surface area contributed by atoms with Gasteiger partial charge in [-0.1, -0.05) is 60.7 Å². The van der Waals surface area contributed by atoms with E-state index >= 15 is 0 Å². The molecule has 8 heteroatoms. The molecule has 0 aliphatic rings. The Bertz CT molecular complexity index is 852.